The molecule has 1 fully saturated rings. The van der Waals surface area contributed by atoms with Gasteiger partial charge in [0.2, 0.25) is 0 Å². The summed E-state index contributed by atoms with van der Waals surface area (Å²) in [6, 6.07) is 5.86. The van der Waals surface area contributed by atoms with E-state index < -0.39 is 0 Å². The summed E-state index contributed by atoms with van der Waals surface area (Å²) in [5.74, 6) is 0.637. The molecular formula is C16H24N2O. The van der Waals surface area contributed by atoms with Gasteiger partial charge < -0.3 is 11.1 Å². The van der Waals surface area contributed by atoms with Crippen LogP contribution in [0.25, 0.3) is 0 Å². The molecule has 1 saturated carbocycles. The van der Waals surface area contributed by atoms with Crippen LogP contribution in [-0.4, -0.2) is 11.9 Å². The second kappa shape index (κ2) is 6.09. The van der Waals surface area contributed by atoms with Gasteiger partial charge in [-0.2, -0.15) is 0 Å². The Hall–Kier alpha value is -1.51. The molecule has 2 rings (SSSR count). The van der Waals surface area contributed by atoms with Gasteiger partial charge in [0.05, 0.1) is 0 Å². The number of carbonyl (C=O) groups excluding carboxylic acids is 1. The number of benzene rings is 1. The third kappa shape index (κ3) is 3.28. The van der Waals surface area contributed by atoms with Crippen molar-refractivity contribution in [3.63, 3.8) is 0 Å². The maximum absolute atomic E-state index is 12.3. The Kier molecular flexibility index (Phi) is 4.46. The van der Waals surface area contributed by atoms with Crippen molar-refractivity contribution in [3.8, 4) is 0 Å². The number of rotatable bonds is 3. The van der Waals surface area contributed by atoms with E-state index in [0.29, 0.717) is 23.2 Å². The molecule has 3 N–H and O–H groups in total. The predicted octanol–water partition coefficient (Wildman–Crippen LogP) is 3.28. The van der Waals surface area contributed by atoms with Gasteiger partial charge in [-0.25, -0.2) is 0 Å². The van der Waals surface area contributed by atoms with Gasteiger partial charge in [0.15, 0.2) is 0 Å². The first-order chi connectivity index (χ1) is 9.11. The van der Waals surface area contributed by atoms with Crippen molar-refractivity contribution in [3.05, 3.63) is 29.3 Å². The van der Waals surface area contributed by atoms with Crippen LogP contribution in [-0.2, 0) is 0 Å². The lowest BCUT2D eigenvalue weighted by atomic mass is 9.83. The first-order valence-electron chi connectivity index (χ1n) is 7.28. The molecule has 2 atom stereocenters. The van der Waals surface area contributed by atoms with Gasteiger partial charge >= 0.3 is 0 Å². The van der Waals surface area contributed by atoms with E-state index in [2.05, 4.69) is 12.2 Å². The maximum atomic E-state index is 12.3. The third-order valence-electron chi connectivity index (χ3n) is 4.29. The summed E-state index contributed by atoms with van der Waals surface area (Å²) in [5, 5.41) is 3.19. The molecule has 0 saturated heterocycles. The molecule has 0 spiro atoms. The van der Waals surface area contributed by atoms with Crippen LogP contribution in [0.2, 0.25) is 0 Å². The molecule has 2 unspecified atom stereocenters. The summed E-state index contributed by atoms with van der Waals surface area (Å²) >= 11 is 0. The minimum absolute atomic E-state index is 0.0112. The SMILES string of the molecule is CCC1CCCCC1NC(=O)c1ccc(C)c(N)c1. The van der Waals surface area contributed by atoms with Crippen LogP contribution >= 0.6 is 0 Å². The van der Waals surface area contributed by atoms with Crippen LogP contribution in [0.15, 0.2) is 18.2 Å². The fourth-order valence-corrected chi connectivity index (χ4v) is 2.92. The lowest BCUT2D eigenvalue weighted by Gasteiger charge is -2.31. The lowest BCUT2D eigenvalue weighted by molar-refractivity contribution is 0.0905. The molecule has 0 aliphatic heterocycles. The van der Waals surface area contributed by atoms with Crippen LogP contribution in [0.1, 0.15) is 54.9 Å². The Labute approximate surface area is 115 Å². The van der Waals surface area contributed by atoms with E-state index in [9.17, 15) is 4.79 Å². The minimum atomic E-state index is 0.0112. The van der Waals surface area contributed by atoms with Crippen molar-refractivity contribution in [2.24, 2.45) is 5.92 Å². The van der Waals surface area contributed by atoms with E-state index >= 15 is 0 Å². The van der Waals surface area contributed by atoms with Crippen LogP contribution in [0.4, 0.5) is 5.69 Å². The highest BCUT2D eigenvalue weighted by Gasteiger charge is 2.25. The van der Waals surface area contributed by atoms with Gasteiger partial charge in [-0.3, -0.25) is 4.79 Å². The Bertz CT molecular complexity index is 456. The number of nitrogens with two attached hydrogens (primary N) is 1. The first kappa shape index (κ1) is 13.9. The van der Waals surface area contributed by atoms with Gasteiger partial charge in [-0.05, 0) is 43.4 Å². The van der Waals surface area contributed by atoms with E-state index in [1.165, 1.54) is 19.3 Å². The number of hydrogen-bond donors (Lipinski definition) is 2. The van der Waals surface area contributed by atoms with Crippen molar-refractivity contribution in [1.29, 1.82) is 0 Å². The van der Waals surface area contributed by atoms with Gasteiger partial charge in [-0.1, -0.05) is 32.3 Å². The van der Waals surface area contributed by atoms with Crippen LogP contribution in [0.5, 0.6) is 0 Å². The smallest absolute Gasteiger partial charge is 0.251 e. The lowest BCUT2D eigenvalue weighted by Crippen LogP contribution is -2.41. The summed E-state index contributed by atoms with van der Waals surface area (Å²) in [7, 11) is 0. The Balaban J connectivity index is 2.05. The zero-order valence-corrected chi connectivity index (χ0v) is 11.9. The van der Waals surface area contributed by atoms with Crippen LogP contribution in [0.3, 0.4) is 0 Å². The number of nitrogen functional groups attached to an aromatic ring is 1. The quantitative estimate of drug-likeness (QED) is 0.819. The summed E-state index contributed by atoms with van der Waals surface area (Å²) in [5.41, 5.74) is 8.23. The normalized spacial score (nSPS) is 23.1. The number of nitrogens with one attached hydrogen (secondary N) is 1. The maximum Gasteiger partial charge on any atom is 0.251 e. The minimum Gasteiger partial charge on any atom is -0.398 e. The molecule has 3 nitrogen and oxygen atoms in total. The highest BCUT2D eigenvalue weighted by Crippen LogP contribution is 2.27. The number of hydrogen-bond acceptors (Lipinski definition) is 2. The summed E-state index contributed by atoms with van der Waals surface area (Å²) in [6.07, 6.45) is 5.99. The number of aryl methyl sites for hydroxylation is 1. The molecule has 0 bridgehead atoms. The van der Waals surface area contributed by atoms with Crippen LogP contribution in [0, 0.1) is 12.8 Å². The summed E-state index contributed by atoms with van der Waals surface area (Å²) < 4.78 is 0. The summed E-state index contributed by atoms with van der Waals surface area (Å²) in [6.45, 7) is 4.16. The Morgan fingerprint density at radius 2 is 2.11 bits per heavy atom. The van der Waals surface area contributed by atoms with Gasteiger partial charge in [0.1, 0.15) is 0 Å². The second-order valence-corrected chi connectivity index (χ2v) is 5.60. The molecule has 0 aromatic heterocycles. The fraction of sp³-hybridized carbons (Fsp3) is 0.562. The Morgan fingerprint density at radius 3 is 2.79 bits per heavy atom. The number of anilines is 1. The topological polar surface area (TPSA) is 55.1 Å². The molecule has 0 radical (unpaired) electrons. The summed E-state index contributed by atoms with van der Waals surface area (Å²) in [4.78, 5) is 12.3. The fourth-order valence-electron chi connectivity index (χ4n) is 2.92. The standard InChI is InChI=1S/C16H24N2O/c1-3-12-6-4-5-7-15(12)18-16(19)13-9-8-11(2)14(17)10-13/h8-10,12,15H,3-7,17H2,1-2H3,(H,18,19). The Morgan fingerprint density at radius 1 is 1.37 bits per heavy atom. The monoisotopic (exact) mass is 260 g/mol. The molecule has 3 heteroatoms. The average molecular weight is 260 g/mol. The first-order valence-corrected chi connectivity index (χ1v) is 7.28. The second-order valence-electron chi connectivity index (χ2n) is 5.60. The molecule has 1 aliphatic rings. The zero-order valence-electron chi connectivity index (χ0n) is 11.9. The number of amides is 1. The molecule has 1 aromatic carbocycles. The van der Waals surface area contributed by atoms with Crippen molar-refractivity contribution >= 4 is 11.6 Å². The molecule has 1 aromatic rings. The molecule has 1 aliphatic carbocycles. The third-order valence-corrected chi connectivity index (χ3v) is 4.29. The highest BCUT2D eigenvalue weighted by molar-refractivity contribution is 5.95. The molecule has 104 valence electrons. The molecule has 1 amide bonds. The van der Waals surface area contributed by atoms with Crippen molar-refractivity contribution in [2.75, 3.05) is 5.73 Å². The molecule has 0 heterocycles. The van der Waals surface area contributed by atoms with E-state index in [1.807, 2.05) is 19.1 Å². The molecule has 19 heavy (non-hydrogen) atoms. The molecular weight excluding hydrogens is 236 g/mol. The van der Waals surface area contributed by atoms with E-state index in [-0.39, 0.29) is 5.91 Å². The number of carbonyl (C=O) groups is 1. The zero-order chi connectivity index (χ0) is 13.8. The van der Waals surface area contributed by atoms with Gasteiger partial charge in [0, 0.05) is 17.3 Å². The largest absolute Gasteiger partial charge is 0.398 e. The van der Waals surface area contributed by atoms with Crippen molar-refractivity contribution in [2.45, 2.75) is 52.0 Å². The van der Waals surface area contributed by atoms with E-state index in [4.69, 9.17) is 5.73 Å². The highest BCUT2D eigenvalue weighted by atomic mass is 16.1. The average Bonchev–Trinajstić information content (AvgIpc) is 2.42. The van der Waals surface area contributed by atoms with E-state index in [0.717, 1.165) is 18.4 Å². The van der Waals surface area contributed by atoms with E-state index in [1.54, 1.807) is 6.07 Å². The predicted molar refractivity (Wildman–Crippen MR) is 79.1 cm³/mol. The van der Waals surface area contributed by atoms with Crippen LogP contribution < -0.4 is 11.1 Å². The van der Waals surface area contributed by atoms with Gasteiger partial charge in [0.25, 0.3) is 5.91 Å². The van der Waals surface area contributed by atoms with Crippen molar-refractivity contribution in [1.82, 2.24) is 5.32 Å². The van der Waals surface area contributed by atoms with Crippen molar-refractivity contribution < 1.29 is 4.79 Å². The van der Waals surface area contributed by atoms with Gasteiger partial charge in [-0.15, -0.1) is 0 Å².